The molecule has 0 radical (unpaired) electrons. The standard InChI is InChI=1S/C28H26F3N3O5/c29-21-12-23(30)22(24(31)13-21)16-34(28(36)37)15-18-1-4-20(5-2-18)27(35)33-9-7-32(8-10-33)14-19-3-6-25-26(11-19)39-17-38-25/h1-6,11-13H,7-10,14-17H2,(H,36,37). The average Bonchev–Trinajstić information content (AvgIpc) is 3.38. The first-order valence-corrected chi connectivity index (χ1v) is 12.4. The molecule has 39 heavy (non-hydrogen) atoms. The topological polar surface area (TPSA) is 82.6 Å². The van der Waals surface area contributed by atoms with Gasteiger partial charge in [0.15, 0.2) is 11.5 Å². The minimum Gasteiger partial charge on any atom is -0.465 e. The SMILES string of the molecule is O=C(O)N(Cc1ccc(C(=O)N2CCN(Cc3ccc4c(c3)OCO4)CC2)cc1)Cc1c(F)cc(F)cc1F. The maximum Gasteiger partial charge on any atom is 0.407 e. The summed E-state index contributed by atoms with van der Waals surface area (Å²) in [6.45, 7) is 2.75. The Morgan fingerprint density at radius 1 is 0.821 bits per heavy atom. The molecular weight excluding hydrogens is 515 g/mol. The zero-order valence-electron chi connectivity index (χ0n) is 20.9. The second kappa shape index (κ2) is 11.2. The number of nitrogens with zero attached hydrogens (tertiary/aromatic N) is 3. The third kappa shape index (κ3) is 6.09. The van der Waals surface area contributed by atoms with Crippen LogP contribution in [0.5, 0.6) is 11.5 Å². The Morgan fingerprint density at radius 3 is 2.13 bits per heavy atom. The molecule has 204 valence electrons. The van der Waals surface area contributed by atoms with Crippen molar-refractivity contribution < 1.29 is 37.3 Å². The van der Waals surface area contributed by atoms with Crippen LogP contribution in [0.1, 0.15) is 27.0 Å². The lowest BCUT2D eigenvalue weighted by Gasteiger charge is -2.34. The predicted molar refractivity (Wildman–Crippen MR) is 134 cm³/mol. The van der Waals surface area contributed by atoms with Crippen molar-refractivity contribution >= 4 is 12.0 Å². The monoisotopic (exact) mass is 541 g/mol. The zero-order chi connectivity index (χ0) is 27.5. The van der Waals surface area contributed by atoms with Crippen LogP contribution in [0.15, 0.2) is 54.6 Å². The first kappa shape index (κ1) is 26.4. The van der Waals surface area contributed by atoms with Crippen molar-refractivity contribution in [2.75, 3.05) is 33.0 Å². The van der Waals surface area contributed by atoms with E-state index in [0.29, 0.717) is 49.4 Å². The van der Waals surface area contributed by atoms with Crippen molar-refractivity contribution in [2.45, 2.75) is 19.6 Å². The number of carbonyl (C=O) groups excluding carboxylic acids is 1. The van der Waals surface area contributed by atoms with Crippen LogP contribution in [0, 0.1) is 17.5 Å². The molecule has 8 nitrogen and oxygen atoms in total. The van der Waals surface area contributed by atoms with Gasteiger partial charge in [0.1, 0.15) is 17.5 Å². The van der Waals surface area contributed by atoms with Crippen molar-refractivity contribution in [1.29, 1.82) is 0 Å². The number of hydrogen-bond donors (Lipinski definition) is 1. The Labute approximate surface area is 222 Å². The van der Waals surface area contributed by atoms with Crippen LogP contribution in [-0.2, 0) is 19.6 Å². The number of halogens is 3. The van der Waals surface area contributed by atoms with Gasteiger partial charge in [-0.15, -0.1) is 0 Å². The Balaban J connectivity index is 1.16. The molecule has 2 amide bonds. The van der Waals surface area contributed by atoms with Crippen molar-refractivity contribution in [3.05, 3.63) is 94.3 Å². The number of ether oxygens (including phenoxy) is 2. The highest BCUT2D eigenvalue weighted by Gasteiger charge is 2.24. The molecule has 3 aromatic carbocycles. The molecule has 0 atom stereocenters. The molecule has 0 bridgehead atoms. The van der Waals surface area contributed by atoms with Gasteiger partial charge in [0.25, 0.3) is 5.91 Å². The van der Waals surface area contributed by atoms with E-state index in [1.807, 2.05) is 18.2 Å². The zero-order valence-corrected chi connectivity index (χ0v) is 20.9. The lowest BCUT2D eigenvalue weighted by molar-refractivity contribution is 0.0628. The first-order valence-electron chi connectivity index (χ1n) is 12.4. The number of fused-ring (bicyclic) bond motifs is 1. The van der Waals surface area contributed by atoms with Crippen LogP contribution in [0.4, 0.5) is 18.0 Å². The molecule has 1 fully saturated rings. The van der Waals surface area contributed by atoms with Crippen molar-refractivity contribution in [2.24, 2.45) is 0 Å². The van der Waals surface area contributed by atoms with Crippen molar-refractivity contribution in [1.82, 2.24) is 14.7 Å². The first-order chi connectivity index (χ1) is 18.8. The Hall–Kier alpha value is -4.25. The fourth-order valence-corrected chi connectivity index (χ4v) is 4.67. The van der Waals surface area contributed by atoms with E-state index in [4.69, 9.17) is 9.47 Å². The number of rotatable bonds is 7. The molecule has 1 N–H and O–H groups in total. The highest BCUT2D eigenvalue weighted by molar-refractivity contribution is 5.94. The number of piperazine rings is 1. The molecule has 0 spiro atoms. The Morgan fingerprint density at radius 2 is 1.46 bits per heavy atom. The fourth-order valence-electron chi connectivity index (χ4n) is 4.67. The third-order valence-corrected chi connectivity index (χ3v) is 6.80. The summed E-state index contributed by atoms with van der Waals surface area (Å²) in [5.74, 6) is -2.04. The molecule has 0 aromatic heterocycles. The second-order valence-electron chi connectivity index (χ2n) is 9.44. The Kier molecular flexibility index (Phi) is 7.60. The highest BCUT2D eigenvalue weighted by atomic mass is 19.1. The summed E-state index contributed by atoms with van der Waals surface area (Å²) in [5, 5.41) is 9.53. The molecule has 2 aliphatic heterocycles. The quantitative estimate of drug-likeness (QED) is 0.476. The number of carbonyl (C=O) groups is 2. The molecule has 2 aliphatic rings. The number of amides is 2. The summed E-state index contributed by atoms with van der Waals surface area (Å²) in [7, 11) is 0. The van der Waals surface area contributed by atoms with Gasteiger partial charge in [0.2, 0.25) is 6.79 Å². The highest BCUT2D eigenvalue weighted by Crippen LogP contribution is 2.33. The summed E-state index contributed by atoms with van der Waals surface area (Å²) in [5.41, 5.74) is 1.56. The van der Waals surface area contributed by atoms with E-state index in [0.717, 1.165) is 28.5 Å². The molecule has 0 saturated carbocycles. The van der Waals surface area contributed by atoms with Gasteiger partial charge >= 0.3 is 6.09 Å². The molecule has 1 saturated heterocycles. The lowest BCUT2D eigenvalue weighted by atomic mass is 10.1. The van der Waals surface area contributed by atoms with E-state index in [1.54, 1.807) is 29.2 Å². The van der Waals surface area contributed by atoms with E-state index in [2.05, 4.69) is 4.90 Å². The van der Waals surface area contributed by atoms with E-state index >= 15 is 0 Å². The van der Waals surface area contributed by atoms with Gasteiger partial charge in [-0.1, -0.05) is 18.2 Å². The lowest BCUT2D eigenvalue weighted by Crippen LogP contribution is -2.48. The van der Waals surface area contributed by atoms with E-state index in [-0.39, 0.29) is 19.2 Å². The third-order valence-electron chi connectivity index (χ3n) is 6.80. The van der Waals surface area contributed by atoms with E-state index in [1.165, 1.54) is 0 Å². The smallest absolute Gasteiger partial charge is 0.407 e. The number of carboxylic acid groups (broad SMARTS) is 1. The van der Waals surface area contributed by atoms with Gasteiger partial charge in [-0.3, -0.25) is 14.6 Å². The van der Waals surface area contributed by atoms with Crippen LogP contribution in [0.2, 0.25) is 0 Å². The molecule has 2 heterocycles. The molecular formula is C28H26F3N3O5. The summed E-state index contributed by atoms with van der Waals surface area (Å²) in [6, 6.07) is 13.3. The normalized spacial score (nSPS) is 14.9. The fraction of sp³-hybridized carbons (Fsp3) is 0.286. The van der Waals surface area contributed by atoms with E-state index < -0.39 is 35.7 Å². The van der Waals surface area contributed by atoms with Gasteiger partial charge in [-0.2, -0.15) is 0 Å². The minimum atomic E-state index is -1.39. The maximum atomic E-state index is 14.0. The number of benzene rings is 3. The van der Waals surface area contributed by atoms with Crippen LogP contribution in [-0.4, -0.2) is 64.8 Å². The second-order valence-corrected chi connectivity index (χ2v) is 9.44. The van der Waals surface area contributed by atoms with Crippen LogP contribution in [0.25, 0.3) is 0 Å². The molecule has 0 aliphatic carbocycles. The summed E-state index contributed by atoms with van der Waals surface area (Å²) >= 11 is 0. The van der Waals surface area contributed by atoms with E-state index in [9.17, 15) is 27.9 Å². The van der Waals surface area contributed by atoms with Crippen LogP contribution >= 0.6 is 0 Å². The largest absolute Gasteiger partial charge is 0.465 e. The predicted octanol–water partition coefficient (Wildman–Crippen LogP) is 4.47. The van der Waals surface area contributed by atoms with Crippen molar-refractivity contribution in [3.63, 3.8) is 0 Å². The molecule has 0 unspecified atom stereocenters. The maximum absolute atomic E-state index is 14.0. The van der Waals surface area contributed by atoms with Gasteiger partial charge in [-0.25, -0.2) is 18.0 Å². The molecule has 5 rings (SSSR count). The van der Waals surface area contributed by atoms with Crippen molar-refractivity contribution in [3.8, 4) is 11.5 Å². The van der Waals surface area contributed by atoms with Gasteiger partial charge in [0.05, 0.1) is 6.54 Å². The summed E-state index contributed by atoms with van der Waals surface area (Å²) in [6.07, 6.45) is -1.39. The average molecular weight is 542 g/mol. The van der Waals surface area contributed by atoms with Gasteiger partial charge in [0, 0.05) is 62.5 Å². The molecule has 3 aromatic rings. The molecule has 11 heteroatoms. The van der Waals surface area contributed by atoms with Gasteiger partial charge in [-0.05, 0) is 35.4 Å². The van der Waals surface area contributed by atoms with Crippen LogP contribution in [0.3, 0.4) is 0 Å². The Bertz CT molecular complexity index is 1350. The van der Waals surface area contributed by atoms with Crippen LogP contribution < -0.4 is 9.47 Å². The summed E-state index contributed by atoms with van der Waals surface area (Å²) in [4.78, 5) is 29.6. The number of hydrogen-bond acceptors (Lipinski definition) is 5. The minimum absolute atomic E-state index is 0.130. The van der Waals surface area contributed by atoms with Gasteiger partial charge < -0.3 is 19.5 Å². The summed E-state index contributed by atoms with van der Waals surface area (Å²) < 4.78 is 52.0.